The molecule has 0 saturated carbocycles. The Hall–Kier alpha value is -0.500. The number of rotatable bonds is 2. The summed E-state index contributed by atoms with van der Waals surface area (Å²) in [6.07, 6.45) is -15.4. The minimum absolute atomic E-state index is 0.143. The minimum atomic E-state index is -5.43. The van der Waals surface area contributed by atoms with Crippen molar-refractivity contribution < 1.29 is 31.1 Å². The van der Waals surface area contributed by atoms with Gasteiger partial charge in [-0.2, -0.15) is 26.3 Å². The summed E-state index contributed by atoms with van der Waals surface area (Å²) in [4.78, 5) is 0. The molecule has 102 valence electrons. The fraction of sp³-hybridized carbons (Fsp3) is 1.00. The lowest BCUT2D eigenvalue weighted by Crippen LogP contribution is -2.50. The molecule has 1 fully saturated rings. The Balaban J connectivity index is 2.73. The van der Waals surface area contributed by atoms with Crippen LogP contribution in [0.2, 0.25) is 0 Å². The van der Waals surface area contributed by atoms with E-state index >= 15 is 0 Å². The van der Waals surface area contributed by atoms with Gasteiger partial charge in [-0.3, -0.25) is 0 Å². The molecule has 2 unspecified atom stereocenters. The Labute approximate surface area is 94.3 Å². The van der Waals surface area contributed by atoms with Crippen molar-refractivity contribution in [2.24, 2.45) is 5.92 Å². The first kappa shape index (κ1) is 14.6. The van der Waals surface area contributed by atoms with E-state index in [0.29, 0.717) is 13.1 Å². The molecule has 2 nitrogen and oxygen atoms in total. The summed E-state index contributed by atoms with van der Waals surface area (Å²) in [5, 5.41) is 2.87. The van der Waals surface area contributed by atoms with Crippen molar-refractivity contribution in [3.05, 3.63) is 0 Å². The van der Waals surface area contributed by atoms with Crippen molar-refractivity contribution in [3.63, 3.8) is 0 Å². The number of ether oxygens (including phenoxy) is 1. The number of nitrogens with one attached hydrogen (secondary N) is 1. The summed E-state index contributed by atoms with van der Waals surface area (Å²) in [5.41, 5.74) is 0. The fourth-order valence-corrected chi connectivity index (χ4v) is 1.71. The van der Waals surface area contributed by atoms with Gasteiger partial charge in [0.2, 0.25) is 6.10 Å². The normalized spacial score (nSPS) is 27.5. The van der Waals surface area contributed by atoms with Crippen molar-refractivity contribution in [1.29, 1.82) is 0 Å². The third-order valence-corrected chi connectivity index (χ3v) is 2.61. The van der Waals surface area contributed by atoms with Gasteiger partial charge in [-0.15, -0.1) is 0 Å². The average Bonchev–Trinajstić information content (AvgIpc) is 2.12. The first-order valence-corrected chi connectivity index (χ1v) is 5.12. The smallest absolute Gasteiger partial charge is 0.357 e. The molecule has 0 aromatic carbocycles. The van der Waals surface area contributed by atoms with Gasteiger partial charge in [0.05, 0.1) is 6.10 Å². The predicted molar refractivity (Wildman–Crippen MR) is 47.4 cm³/mol. The van der Waals surface area contributed by atoms with Crippen LogP contribution in [0.1, 0.15) is 13.3 Å². The highest BCUT2D eigenvalue weighted by atomic mass is 19.4. The highest BCUT2D eigenvalue weighted by molar-refractivity contribution is 4.82. The zero-order chi connectivity index (χ0) is 13.3. The van der Waals surface area contributed by atoms with E-state index in [1.54, 1.807) is 6.92 Å². The van der Waals surface area contributed by atoms with Crippen LogP contribution < -0.4 is 5.32 Å². The Kier molecular flexibility index (Phi) is 4.29. The van der Waals surface area contributed by atoms with E-state index in [1.165, 1.54) is 0 Å². The average molecular weight is 265 g/mol. The Morgan fingerprint density at radius 1 is 1.12 bits per heavy atom. The van der Waals surface area contributed by atoms with Crippen LogP contribution in [0.4, 0.5) is 26.3 Å². The number of piperidine rings is 1. The summed E-state index contributed by atoms with van der Waals surface area (Å²) in [6.45, 7) is 2.27. The molecule has 0 spiro atoms. The topological polar surface area (TPSA) is 21.3 Å². The molecule has 1 saturated heterocycles. The molecular weight excluding hydrogens is 252 g/mol. The maximum atomic E-state index is 12.2. The molecule has 0 aromatic heterocycles. The summed E-state index contributed by atoms with van der Waals surface area (Å²) < 4.78 is 77.7. The largest absolute Gasteiger partial charge is 0.423 e. The highest BCUT2D eigenvalue weighted by Crippen LogP contribution is 2.37. The zero-order valence-corrected chi connectivity index (χ0v) is 9.03. The zero-order valence-electron chi connectivity index (χ0n) is 9.03. The first-order valence-electron chi connectivity index (χ1n) is 5.12. The lowest BCUT2D eigenvalue weighted by atomic mass is 9.98. The van der Waals surface area contributed by atoms with Gasteiger partial charge in [0.15, 0.2) is 0 Å². The van der Waals surface area contributed by atoms with Gasteiger partial charge in [0.25, 0.3) is 0 Å². The fourth-order valence-electron chi connectivity index (χ4n) is 1.71. The van der Waals surface area contributed by atoms with Crippen LogP contribution in [0, 0.1) is 5.92 Å². The molecule has 0 aromatic rings. The molecule has 17 heavy (non-hydrogen) atoms. The molecule has 1 aliphatic heterocycles. The van der Waals surface area contributed by atoms with E-state index in [0.717, 1.165) is 0 Å². The molecule has 0 radical (unpaired) electrons. The molecule has 0 bridgehead atoms. The van der Waals surface area contributed by atoms with Crippen LogP contribution in [0.3, 0.4) is 0 Å². The maximum Gasteiger partial charge on any atom is 0.423 e. The van der Waals surface area contributed by atoms with Gasteiger partial charge in [0.1, 0.15) is 0 Å². The molecule has 1 aliphatic rings. The van der Waals surface area contributed by atoms with Crippen LogP contribution in [0.15, 0.2) is 0 Å². The number of hydrogen-bond donors (Lipinski definition) is 1. The van der Waals surface area contributed by atoms with E-state index in [4.69, 9.17) is 0 Å². The van der Waals surface area contributed by atoms with Gasteiger partial charge < -0.3 is 10.1 Å². The minimum Gasteiger partial charge on any atom is -0.357 e. The monoisotopic (exact) mass is 265 g/mol. The van der Waals surface area contributed by atoms with E-state index in [2.05, 4.69) is 10.1 Å². The van der Waals surface area contributed by atoms with Crippen LogP contribution in [0.25, 0.3) is 0 Å². The van der Waals surface area contributed by atoms with E-state index in [-0.39, 0.29) is 12.3 Å². The second kappa shape index (κ2) is 5.01. The van der Waals surface area contributed by atoms with Crippen molar-refractivity contribution in [2.45, 2.75) is 37.9 Å². The lowest BCUT2D eigenvalue weighted by molar-refractivity contribution is -0.334. The lowest BCUT2D eigenvalue weighted by Gasteiger charge is -2.34. The molecule has 1 N–H and O–H groups in total. The van der Waals surface area contributed by atoms with Gasteiger partial charge in [0, 0.05) is 6.54 Å². The van der Waals surface area contributed by atoms with Gasteiger partial charge in [-0.25, -0.2) is 0 Å². The SMILES string of the molecule is CC1CNCCC1OC(C(F)(F)F)C(F)(F)F. The quantitative estimate of drug-likeness (QED) is 0.774. The Bertz CT molecular complexity index is 237. The summed E-state index contributed by atoms with van der Waals surface area (Å²) in [6, 6.07) is 0. The van der Waals surface area contributed by atoms with Gasteiger partial charge >= 0.3 is 12.4 Å². The summed E-state index contributed by atoms with van der Waals surface area (Å²) in [5.74, 6) is -0.379. The molecular formula is C9H13F6NO. The van der Waals surface area contributed by atoms with E-state index < -0.39 is 24.6 Å². The Morgan fingerprint density at radius 2 is 1.65 bits per heavy atom. The van der Waals surface area contributed by atoms with Crippen molar-refractivity contribution in [3.8, 4) is 0 Å². The van der Waals surface area contributed by atoms with Crippen LogP contribution >= 0.6 is 0 Å². The molecule has 1 rings (SSSR count). The predicted octanol–water partition coefficient (Wildman–Crippen LogP) is 2.49. The molecule has 2 atom stereocenters. The van der Waals surface area contributed by atoms with Crippen molar-refractivity contribution in [1.82, 2.24) is 5.32 Å². The molecule has 0 amide bonds. The van der Waals surface area contributed by atoms with Gasteiger partial charge in [-0.05, 0) is 18.9 Å². The Morgan fingerprint density at radius 3 is 2.06 bits per heavy atom. The summed E-state index contributed by atoms with van der Waals surface area (Å²) in [7, 11) is 0. The highest BCUT2D eigenvalue weighted by Gasteiger charge is 2.59. The van der Waals surface area contributed by atoms with Crippen molar-refractivity contribution in [2.75, 3.05) is 13.1 Å². The third kappa shape index (κ3) is 4.02. The van der Waals surface area contributed by atoms with Crippen LogP contribution in [0.5, 0.6) is 0 Å². The first-order chi connectivity index (χ1) is 7.62. The number of alkyl halides is 6. The second-order valence-corrected chi connectivity index (χ2v) is 4.11. The van der Waals surface area contributed by atoms with Gasteiger partial charge in [-0.1, -0.05) is 6.92 Å². The number of hydrogen-bond acceptors (Lipinski definition) is 2. The summed E-state index contributed by atoms with van der Waals surface area (Å²) >= 11 is 0. The van der Waals surface area contributed by atoms with E-state index in [9.17, 15) is 26.3 Å². The molecule has 8 heteroatoms. The molecule has 1 heterocycles. The standard InChI is InChI=1S/C9H13F6NO/c1-5-4-16-3-2-6(5)17-7(8(10,11)12)9(13,14)15/h5-7,16H,2-4H2,1H3. The molecule has 0 aliphatic carbocycles. The van der Waals surface area contributed by atoms with Crippen LogP contribution in [-0.4, -0.2) is 37.7 Å². The maximum absolute atomic E-state index is 12.2. The third-order valence-electron chi connectivity index (χ3n) is 2.61. The van der Waals surface area contributed by atoms with E-state index in [1.807, 2.05) is 0 Å². The van der Waals surface area contributed by atoms with Crippen LogP contribution in [-0.2, 0) is 4.74 Å². The second-order valence-electron chi connectivity index (χ2n) is 4.11. The number of halogens is 6. The van der Waals surface area contributed by atoms with Crippen molar-refractivity contribution >= 4 is 0 Å².